The largest absolute Gasteiger partial charge is 0.415 e. The van der Waals surface area contributed by atoms with Gasteiger partial charge >= 0.3 is 6.18 Å². The van der Waals surface area contributed by atoms with Crippen LogP contribution in [0.1, 0.15) is 11.1 Å². The molecule has 9 heteroatoms. The molecule has 4 nitrogen and oxygen atoms in total. The molecular weight excluding hydrogens is 790 g/mol. The molecule has 0 aliphatic rings. The smallest absolute Gasteiger partial charge is 0.306 e. The van der Waals surface area contributed by atoms with Gasteiger partial charge < -0.3 is 9.13 Å². The number of alkyl halides is 3. The monoisotopic (exact) mass is 814 g/mol. The minimum Gasteiger partial charge on any atom is -0.306 e. The highest BCUT2D eigenvalue weighted by Crippen LogP contribution is 2.48. The fraction of sp³-hybridized carbons (Fsp3) is 0.0196. The molecule has 0 saturated heterocycles. The summed E-state index contributed by atoms with van der Waals surface area (Å²) in [6.45, 7) is 7.74. The standard InChI is InChI=1S/C51H25F3N4S2/c1-56-31-23-28(22-30(25-31)51(52,53)54)40-26-44(58-42-15-7-3-11-33(42)37-19-21-39-35-13-5-9-17-46(35)60-50(39)48(37)58)43(24-29(40)27-55)57-41-14-6-2-10-32(41)36-18-20-38-34-12-4-8-16-45(34)59-49(38)47(36)57/h2-26H. The first-order chi connectivity index (χ1) is 29.3. The van der Waals surface area contributed by atoms with Gasteiger partial charge in [-0.05, 0) is 60.2 Å². The summed E-state index contributed by atoms with van der Waals surface area (Å²) in [6, 6.07) is 51.3. The molecular formula is C51H25F3N4S2. The Balaban J connectivity index is 1.31. The van der Waals surface area contributed by atoms with Crippen molar-refractivity contribution in [3.63, 3.8) is 0 Å². The van der Waals surface area contributed by atoms with Crippen LogP contribution in [0.4, 0.5) is 18.9 Å². The molecule has 12 aromatic rings. The molecule has 4 aromatic heterocycles. The molecule has 4 heterocycles. The van der Waals surface area contributed by atoms with Crippen molar-refractivity contribution in [2.45, 2.75) is 6.18 Å². The maximum Gasteiger partial charge on any atom is 0.415 e. The number of hydrogen-bond acceptors (Lipinski definition) is 3. The van der Waals surface area contributed by atoms with Crippen LogP contribution in [0.5, 0.6) is 0 Å². The minimum absolute atomic E-state index is 0.141. The molecule has 0 atom stereocenters. The Morgan fingerprint density at radius 3 is 1.53 bits per heavy atom. The molecule has 0 bridgehead atoms. The first-order valence-electron chi connectivity index (χ1n) is 19.2. The van der Waals surface area contributed by atoms with Crippen molar-refractivity contribution in [1.29, 1.82) is 5.26 Å². The van der Waals surface area contributed by atoms with Crippen LogP contribution in [0.25, 0.3) is 111 Å². The Hall–Kier alpha value is -7.43. The first-order valence-corrected chi connectivity index (χ1v) is 20.8. The molecule has 0 amide bonds. The summed E-state index contributed by atoms with van der Waals surface area (Å²) in [5, 5.41) is 19.6. The zero-order chi connectivity index (χ0) is 40.4. The van der Waals surface area contributed by atoms with Crippen LogP contribution in [-0.2, 0) is 6.18 Å². The summed E-state index contributed by atoms with van der Waals surface area (Å²) in [5.74, 6) is 0. The van der Waals surface area contributed by atoms with Crippen LogP contribution in [0.15, 0.2) is 152 Å². The lowest BCUT2D eigenvalue weighted by atomic mass is 9.96. The van der Waals surface area contributed by atoms with E-state index in [1.807, 2.05) is 54.6 Å². The van der Waals surface area contributed by atoms with E-state index in [0.29, 0.717) is 16.9 Å². The number of nitriles is 1. The third kappa shape index (κ3) is 4.82. The number of fused-ring (bicyclic) bond motifs is 14. The van der Waals surface area contributed by atoms with E-state index >= 15 is 0 Å². The lowest BCUT2D eigenvalue weighted by molar-refractivity contribution is -0.137. The summed E-state index contributed by atoms with van der Waals surface area (Å²) in [4.78, 5) is 3.43. The maximum atomic E-state index is 14.4. The van der Waals surface area contributed by atoms with Crippen LogP contribution in [0.3, 0.4) is 0 Å². The van der Waals surface area contributed by atoms with Crippen molar-refractivity contribution >= 4 is 112 Å². The number of rotatable bonds is 3. The fourth-order valence-electron chi connectivity index (χ4n) is 9.22. The number of benzene rings is 8. The lowest BCUT2D eigenvalue weighted by Gasteiger charge is -2.20. The number of halogens is 3. The fourth-order valence-corrected chi connectivity index (χ4v) is 11.7. The highest BCUT2D eigenvalue weighted by Gasteiger charge is 2.32. The molecule has 282 valence electrons. The molecule has 12 rings (SSSR count). The maximum absolute atomic E-state index is 14.4. The Labute approximate surface area is 347 Å². The van der Waals surface area contributed by atoms with E-state index in [4.69, 9.17) is 6.57 Å². The van der Waals surface area contributed by atoms with E-state index in [2.05, 4.69) is 98.9 Å². The van der Waals surface area contributed by atoms with Gasteiger partial charge in [-0.3, -0.25) is 0 Å². The number of nitrogens with zero attached hydrogens (tertiary/aromatic N) is 4. The molecule has 0 N–H and O–H groups in total. The number of thiophene rings is 2. The van der Waals surface area contributed by atoms with Crippen molar-refractivity contribution in [1.82, 2.24) is 9.13 Å². The van der Waals surface area contributed by atoms with Gasteiger partial charge in [0.05, 0.1) is 61.0 Å². The van der Waals surface area contributed by atoms with Crippen LogP contribution in [-0.4, -0.2) is 9.13 Å². The van der Waals surface area contributed by atoms with E-state index in [1.165, 1.54) is 6.07 Å². The molecule has 0 spiro atoms. The Morgan fingerprint density at radius 1 is 0.533 bits per heavy atom. The highest BCUT2D eigenvalue weighted by molar-refractivity contribution is 7.27. The second-order valence-corrected chi connectivity index (χ2v) is 17.1. The number of para-hydroxylation sites is 2. The molecule has 0 saturated carbocycles. The summed E-state index contributed by atoms with van der Waals surface area (Å²) >= 11 is 3.43. The van der Waals surface area contributed by atoms with Crippen molar-refractivity contribution in [3.8, 4) is 28.6 Å². The lowest BCUT2D eigenvalue weighted by Crippen LogP contribution is -2.07. The minimum atomic E-state index is -4.71. The van der Waals surface area contributed by atoms with E-state index in [1.54, 1.807) is 22.7 Å². The third-order valence-corrected chi connectivity index (χ3v) is 14.1. The molecule has 0 unspecified atom stereocenters. The van der Waals surface area contributed by atoms with Crippen LogP contribution in [0.2, 0.25) is 0 Å². The SMILES string of the molecule is [C-]#[N+]c1cc(-c2cc(-n3c4ccccc4c4ccc5c6ccccc6sc5c43)c(-n3c4ccccc4c4ccc5c6ccccc6sc5c43)cc2C#N)cc(C(F)(F)F)c1. The molecule has 0 fully saturated rings. The summed E-state index contributed by atoms with van der Waals surface area (Å²) in [7, 11) is 0. The van der Waals surface area contributed by atoms with Gasteiger partial charge in [0.2, 0.25) is 0 Å². The van der Waals surface area contributed by atoms with Gasteiger partial charge in [0.15, 0.2) is 5.69 Å². The predicted octanol–water partition coefficient (Wildman–Crippen LogP) is 15.7. The van der Waals surface area contributed by atoms with Gasteiger partial charge in [0.1, 0.15) is 0 Å². The first kappa shape index (κ1) is 34.6. The normalized spacial score (nSPS) is 12.2. The van der Waals surface area contributed by atoms with Gasteiger partial charge in [-0.25, -0.2) is 4.85 Å². The van der Waals surface area contributed by atoms with Crippen LogP contribution >= 0.6 is 22.7 Å². The van der Waals surface area contributed by atoms with Gasteiger partial charge in [-0.15, -0.1) is 22.7 Å². The molecule has 60 heavy (non-hydrogen) atoms. The third-order valence-electron chi connectivity index (χ3n) is 11.8. The quantitative estimate of drug-likeness (QED) is 0.164. The average Bonchev–Trinajstić information content (AvgIpc) is 4.03. The second kappa shape index (κ2) is 12.5. The molecule has 8 aromatic carbocycles. The number of aromatic nitrogens is 2. The van der Waals surface area contributed by atoms with Crippen molar-refractivity contribution in [2.75, 3.05) is 0 Å². The zero-order valence-electron chi connectivity index (χ0n) is 31.2. The van der Waals surface area contributed by atoms with E-state index in [0.717, 1.165) is 96.1 Å². The van der Waals surface area contributed by atoms with Crippen molar-refractivity contribution < 1.29 is 13.2 Å². The summed E-state index contributed by atoms with van der Waals surface area (Å²) in [6.07, 6.45) is -4.71. The summed E-state index contributed by atoms with van der Waals surface area (Å²) in [5.41, 5.74) is 4.69. The van der Waals surface area contributed by atoms with E-state index < -0.39 is 11.7 Å². The van der Waals surface area contributed by atoms with Gasteiger partial charge in [0, 0.05) is 63.6 Å². The van der Waals surface area contributed by atoms with Crippen LogP contribution in [0, 0.1) is 17.9 Å². The van der Waals surface area contributed by atoms with Gasteiger partial charge in [-0.1, -0.05) is 97.1 Å². The van der Waals surface area contributed by atoms with Crippen LogP contribution < -0.4 is 0 Å². The van der Waals surface area contributed by atoms with Gasteiger partial charge in [-0.2, -0.15) is 18.4 Å². The Bertz CT molecular complexity index is 3920. The Morgan fingerprint density at radius 2 is 1.02 bits per heavy atom. The molecule has 0 radical (unpaired) electrons. The number of hydrogen-bond donors (Lipinski definition) is 0. The Kier molecular flexibility index (Phi) is 7.23. The predicted molar refractivity (Wildman–Crippen MR) is 242 cm³/mol. The average molecular weight is 815 g/mol. The topological polar surface area (TPSA) is 38.0 Å². The van der Waals surface area contributed by atoms with Crippen molar-refractivity contribution in [3.05, 3.63) is 174 Å². The van der Waals surface area contributed by atoms with Gasteiger partial charge in [0.25, 0.3) is 0 Å². The van der Waals surface area contributed by atoms with E-state index in [9.17, 15) is 18.4 Å². The molecule has 0 aliphatic carbocycles. The zero-order valence-corrected chi connectivity index (χ0v) is 32.8. The van der Waals surface area contributed by atoms with Crippen molar-refractivity contribution in [2.24, 2.45) is 0 Å². The summed E-state index contributed by atoms with van der Waals surface area (Å²) < 4.78 is 52.3. The highest BCUT2D eigenvalue weighted by atomic mass is 32.1. The molecule has 0 aliphatic heterocycles. The van der Waals surface area contributed by atoms with E-state index in [-0.39, 0.29) is 16.8 Å². The second-order valence-electron chi connectivity index (χ2n) is 15.0.